The molecule has 38 heteroatoms. The normalized spacial score (nSPS) is 27.9. The third kappa shape index (κ3) is 11.6. The Bertz CT molecular complexity index is 3290. The first-order valence-corrected chi connectivity index (χ1v) is 27.0. The molecule has 9 heterocycles. The van der Waals surface area contributed by atoms with Crippen molar-refractivity contribution in [2.24, 2.45) is 5.92 Å². The van der Waals surface area contributed by atoms with E-state index >= 15 is 0 Å². The molecule has 410 valence electrons. The van der Waals surface area contributed by atoms with Crippen LogP contribution in [0.5, 0.6) is 0 Å². The van der Waals surface area contributed by atoms with Gasteiger partial charge < -0.3 is 66.0 Å². The maximum Gasteiger partial charge on any atom is 0.472 e. The molecule has 0 spiro atoms. The van der Waals surface area contributed by atoms with E-state index < -0.39 is 122 Å². The highest BCUT2D eigenvalue weighted by Crippen LogP contribution is 2.53. The molecule has 13 atom stereocenters. The maximum absolute atomic E-state index is 14.0. The number of aliphatic hydroxyl groups is 2. The van der Waals surface area contributed by atoms with Crippen molar-refractivity contribution in [2.75, 3.05) is 77.5 Å². The van der Waals surface area contributed by atoms with E-state index in [1.807, 2.05) is 0 Å². The summed E-state index contributed by atoms with van der Waals surface area (Å²) in [6, 6.07) is 0. The number of fused-ring (bicyclic) bond motifs is 3. The zero-order valence-corrected chi connectivity index (χ0v) is 42.1. The maximum atomic E-state index is 14.0. The number of aliphatic hydroxyl groups excluding tert-OH is 2. The number of imidazole rings is 2. The monoisotopic (exact) mass is 1120 g/mol. The standard InChI is InChI=1S/C37H52N15O20P3/c1-63-27-25(19(10-54)68-34(27)51-14-44-23-30(51)46-36(39)48-32(23)55)71-75(61,62)66-11-17-8-50(7-16-6-41-22-21(16)42-13-43-29(22)38)9-18(17)70-74(59,60)67-12-20-26(72-73(57,58)65-5-3-4-53)28(64-2)35(69-20)52-15-45-24-31(52)47-37(40)49-33(24)56/h6,13-15,17-20,25-28,34-35,41,53-54H,3-5,7-12H2,1-2H3,(H,57,58)(H,59,60)(H,61,62)(H2,38,42,43)(H3,39,46,48,55)(H3,40,47,49,56)/t17-,18+,19-,20-,25-,26-,27-,28-,34-,35-/m1/s1. The summed E-state index contributed by atoms with van der Waals surface area (Å²) >= 11 is 0. The topological polar surface area (TPSA) is 495 Å². The van der Waals surface area contributed by atoms with Crippen molar-refractivity contribution >= 4 is 74.5 Å². The molecule has 35 nitrogen and oxygen atoms in total. The first kappa shape index (κ1) is 54.6. The number of phosphoric ester groups is 3. The van der Waals surface area contributed by atoms with Crippen LogP contribution < -0.4 is 28.3 Å². The number of anilines is 3. The van der Waals surface area contributed by atoms with Gasteiger partial charge in [0.25, 0.3) is 11.1 Å². The molecule has 75 heavy (non-hydrogen) atoms. The fourth-order valence-electron chi connectivity index (χ4n) is 9.04. The number of phosphoric acid groups is 3. The van der Waals surface area contributed by atoms with Gasteiger partial charge in [-0.25, -0.2) is 33.6 Å². The number of hydrogen-bond acceptors (Lipinski definition) is 27. The minimum Gasteiger partial charge on any atom is -0.396 e. The zero-order chi connectivity index (χ0) is 53.6. The lowest BCUT2D eigenvalue weighted by molar-refractivity contribution is -0.0595. The largest absolute Gasteiger partial charge is 0.472 e. The summed E-state index contributed by atoms with van der Waals surface area (Å²) in [5, 5.41) is 19.5. The van der Waals surface area contributed by atoms with Gasteiger partial charge in [0.1, 0.15) is 48.5 Å². The first-order valence-electron chi connectivity index (χ1n) is 22.5. The molecule has 0 aromatic carbocycles. The fraction of sp³-hybridized carbons (Fsp3) is 0.568. The Morgan fingerprint density at radius 3 is 1.87 bits per heavy atom. The number of rotatable bonds is 23. The number of aromatic amines is 3. The molecule has 0 saturated carbocycles. The first-order chi connectivity index (χ1) is 35.7. The number of methoxy groups -OCH3 is 2. The van der Waals surface area contributed by atoms with E-state index in [0.717, 1.165) is 6.33 Å². The summed E-state index contributed by atoms with van der Waals surface area (Å²) in [5.74, 6) is -1.34. The van der Waals surface area contributed by atoms with Crippen molar-refractivity contribution in [3.05, 3.63) is 51.4 Å². The van der Waals surface area contributed by atoms with Crippen molar-refractivity contribution < 1.29 is 84.7 Å². The van der Waals surface area contributed by atoms with Crippen LogP contribution in [0, 0.1) is 5.92 Å². The Kier molecular flexibility index (Phi) is 16.0. The molecular weight excluding hydrogens is 1070 g/mol. The minimum atomic E-state index is -5.25. The van der Waals surface area contributed by atoms with Crippen LogP contribution in [-0.2, 0) is 66.3 Å². The van der Waals surface area contributed by atoms with E-state index in [2.05, 4.69) is 44.9 Å². The van der Waals surface area contributed by atoms with Gasteiger partial charge in [0.15, 0.2) is 40.6 Å². The van der Waals surface area contributed by atoms with Crippen molar-refractivity contribution in [1.82, 2.24) is 58.9 Å². The average Bonchev–Trinajstić information content (AvgIpc) is 4.23. The molecule has 3 fully saturated rings. The second kappa shape index (κ2) is 22.0. The second-order valence-electron chi connectivity index (χ2n) is 17.2. The Balaban J connectivity index is 0.935. The molecule has 3 aliphatic heterocycles. The van der Waals surface area contributed by atoms with Gasteiger partial charge in [-0.3, -0.25) is 60.7 Å². The van der Waals surface area contributed by atoms with Crippen molar-refractivity contribution in [1.29, 1.82) is 0 Å². The number of nitrogens with zero attached hydrogens (tertiary/aromatic N) is 9. The van der Waals surface area contributed by atoms with Crippen LogP contribution >= 0.6 is 23.5 Å². The molecule has 0 bridgehead atoms. The molecule has 0 aliphatic carbocycles. The van der Waals surface area contributed by atoms with E-state index in [-0.39, 0.29) is 72.7 Å². The highest BCUT2D eigenvalue weighted by molar-refractivity contribution is 7.48. The lowest BCUT2D eigenvalue weighted by atomic mass is 10.1. The number of aromatic nitrogens is 11. The number of H-pyrrole nitrogens is 3. The number of nitrogen functional groups attached to an aromatic ring is 3. The van der Waals surface area contributed by atoms with E-state index in [9.17, 15) is 48.2 Å². The van der Waals surface area contributed by atoms with Crippen LogP contribution in [0.25, 0.3) is 33.4 Å². The van der Waals surface area contributed by atoms with E-state index in [1.165, 1.54) is 36.0 Å². The summed E-state index contributed by atoms with van der Waals surface area (Å²) in [6.07, 6.45) is -7.24. The summed E-state index contributed by atoms with van der Waals surface area (Å²) in [6.45, 7) is -3.08. The zero-order valence-electron chi connectivity index (χ0n) is 39.4. The van der Waals surface area contributed by atoms with E-state index in [1.54, 1.807) is 11.1 Å². The number of nitrogens with two attached hydrogens (primary N) is 3. The highest BCUT2D eigenvalue weighted by atomic mass is 31.2. The summed E-state index contributed by atoms with van der Waals surface area (Å²) in [4.78, 5) is 92.5. The number of ether oxygens (including phenoxy) is 4. The van der Waals surface area contributed by atoms with Gasteiger partial charge in [-0.15, -0.1) is 0 Å². The quantitative estimate of drug-likeness (QED) is 0.0247. The number of likely N-dealkylation sites (tertiary alicyclic amines) is 1. The third-order valence-electron chi connectivity index (χ3n) is 12.4. The van der Waals surface area contributed by atoms with Gasteiger partial charge in [0.05, 0.1) is 50.7 Å². The van der Waals surface area contributed by atoms with Crippen molar-refractivity contribution in [2.45, 2.75) is 68.1 Å². The molecule has 6 aromatic rings. The summed E-state index contributed by atoms with van der Waals surface area (Å²) in [7, 11) is -13.0. The van der Waals surface area contributed by atoms with Crippen LogP contribution in [0.15, 0.2) is 34.8 Å². The molecule has 3 saturated heterocycles. The molecule has 9 rings (SSSR count). The third-order valence-corrected chi connectivity index (χ3v) is 15.4. The van der Waals surface area contributed by atoms with Gasteiger partial charge in [-0.05, 0) is 6.42 Å². The van der Waals surface area contributed by atoms with Gasteiger partial charge in [0, 0.05) is 58.1 Å². The summed E-state index contributed by atoms with van der Waals surface area (Å²) in [5.41, 5.74) is 17.4. The Hall–Kier alpha value is -5.23. The molecule has 3 unspecified atom stereocenters. The predicted octanol–water partition coefficient (Wildman–Crippen LogP) is -1.89. The predicted molar refractivity (Wildman–Crippen MR) is 252 cm³/mol. The van der Waals surface area contributed by atoms with Crippen LogP contribution in [0.1, 0.15) is 24.4 Å². The van der Waals surface area contributed by atoms with Gasteiger partial charge in [0.2, 0.25) is 11.9 Å². The second-order valence-corrected chi connectivity index (χ2v) is 21.4. The SMILES string of the molecule is CO[C@@H]1[C@H](OP(=O)(O)OC[C@H]2CN(Cc3c[nH]c4c(N)ncnc34)C[C@@H]2OP(=O)(O)OC[C@H]2O[C@@H](n3cnc4c(=O)[nH]c(N)nc43)[C@H](OC)[C@@H]2OP(=O)(O)OCCCO)[C@@H](CO)O[C@H]1n1cnc2c(=O)[nH]c(N)nc21. The molecule has 3 aliphatic rings. The average molecular weight is 1120 g/mol. The molecule has 0 amide bonds. The minimum absolute atomic E-state index is 0.00337. The summed E-state index contributed by atoms with van der Waals surface area (Å²) < 4.78 is 99.9. The Morgan fingerprint density at radius 2 is 1.28 bits per heavy atom. The Morgan fingerprint density at radius 1 is 0.720 bits per heavy atom. The fourth-order valence-corrected chi connectivity index (χ4v) is 12.0. The van der Waals surface area contributed by atoms with Crippen LogP contribution in [-0.4, -0.2) is 187 Å². The van der Waals surface area contributed by atoms with Gasteiger partial charge >= 0.3 is 23.5 Å². The molecule has 6 aromatic heterocycles. The lowest BCUT2D eigenvalue weighted by Crippen LogP contribution is -2.37. The van der Waals surface area contributed by atoms with E-state index in [0.29, 0.717) is 16.6 Å². The highest BCUT2D eigenvalue weighted by Gasteiger charge is 2.53. The number of hydrogen-bond donors (Lipinski definition) is 11. The van der Waals surface area contributed by atoms with Crippen LogP contribution in [0.3, 0.4) is 0 Å². The smallest absolute Gasteiger partial charge is 0.396 e. The van der Waals surface area contributed by atoms with Gasteiger partial charge in [-0.2, -0.15) is 9.97 Å². The van der Waals surface area contributed by atoms with Crippen molar-refractivity contribution in [3.63, 3.8) is 0 Å². The van der Waals surface area contributed by atoms with Gasteiger partial charge in [-0.1, -0.05) is 0 Å². The molecular formula is C37H52N15O20P3. The van der Waals surface area contributed by atoms with Crippen molar-refractivity contribution in [3.8, 4) is 0 Å². The van der Waals surface area contributed by atoms with Crippen LogP contribution in [0.4, 0.5) is 17.7 Å². The van der Waals surface area contributed by atoms with E-state index in [4.69, 9.17) is 63.3 Å². The van der Waals surface area contributed by atoms with Crippen LogP contribution in [0.2, 0.25) is 0 Å². The Labute approximate surface area is 420 Å². The lowest BCUT2D eigenvalue weighted by Gasteiger charge is -2.27. The molecule has 0 radical (unpaired) electrons. The molecule has 14 N–H and O–H groups in total. The number of nitrogens with one attached hydrogen (secondary N) is 3.